The van der Waals surface area contributed by atoms with Gasteiger partial charge >= 0.3 is 5.97 Å². The van der Waals surface area contributed by atoms with Crippen LogP contribution in [-0.2, 0) is 9.53 Å². The molecule has 0 fully saturated rings. The molecule has 0 saturated heterocycles. The van der Waals surface area contributed by atoms with Crippen LogP contribution in [-0.4, -0.2) is 65.8 Å². The molecule has 0 saturated carbocycles. The fourth-order valence-electron chi connectivity index (χ4n) is 6.65. The molecule has 1 rings (SSSR count). The predicted octanol–water partition coefficient (Wildman–Crippen LogP) is 8.33. The topological polar surface area (TPSA) is 52.8 Å². The lowest BCUT2D eigenvalue weighted by molar-refractivity contribution is -0.521. The van der Waals surface area contributed by atoms with E-state index in [2.05, 4.69) is 47.6 Å². The first-order valence-electron chi connectivity index (χ1n) is 20.6. The van der Waals surface area contributed by atoms with E-state index in [1.807, 2.05) is 0 Å². The SMILES string of the molecule is CCCCCCCC/C=C\CCCCCCCC(=O)OCCN1CC[N+](CCO)=C1CCCCCCC/C=C\CCCCCCCC.[Cl-]. The Balaban J connectivity index is 0.0000221. The van der Waals surface area contributed by atoms with Gasteiger partial charge in [-0.1, -0.05) is 141 Å². The van der Waals surface area contributed by atoms with Crippen molar-refractivity contribution in [2.45, 2.75) is 194 Å². The Labute approximate surface area is 304 Å². The second kappa shape index (κ2) is 36.9. The molecule has 1 heterocycles. The van der Waals surface area contributed by atoms with Crippen molar-refractivity contribution < 1.29 is 31.6 Å². The van der Waals surface area contributed by atoms with Gasteiger partial charge in [0.1, 0.15) is 32.8 Å². The zero-order valence-electron chi connectivity index (χ0n) is 31.9. The van der Waals surface area contributed by atoms with Gasteiger partial charge in [0.05, 0.1) is 6.61 Å². The van der Waals surface area contributed by atoms with E-state index in [1.54, 1.807) is 0 Å². The van der Waals surface area contributed by atoms with Gasteiger partial charge in [0.15, 0.2) is 0 Å². The monoisotopic (exact) mass is 695 g/mol. The maximum atomic E-state index is 12.3. The van der Waals surface area contributed by atoms with Crippen molar-refractivity contribution >= 4 is 11.8 Å². The van der Waals surface area contributed by atoms with Crippen LogP contribution in [0, 0.1) is 0 Å². The standard InChI is InChI=1S/C42H79N2O3.ClH/c1-3-5-7-9-11-13-15-17-19-21-23-25-27-29-31-33-41-43(37-39-45)35-36-44(41)38-40-47-42(46)34-32-30-28-26-24-22-20-18-16-14-12-10-8-6-4-2;/h17-20,45H,3-16,21-40H2,1-2H3;1H/q+1;/p-1/b19-17-,20-18-;. The summed E-state index contributed by atoms with van der Waals surface area (Å²) in [5, 5.41) is 9.56. The van der Waals surface area contributed by atoms with Crippen molar-refractivity contribution in [1.82, 2.24) is 4.90 Å². The molecule has 0 radical (unpaired) electrons. The van der Waals surface area contributed by atoms with E-state index < -0.39 is 0 Å². The maximum Gasteiger partial charge on any atom is 0.305 e. The Morgan fingerprint density at radius 3 is 1.58 bits per heavy atom. The average molecular weight is 696 g/mol. The van der Waals surface area contributed by atoms with Crippen molar-refractivity contribution in [3.8, 4) is 0 Å². The number of allylic oxidation sites excluding steroid dienone is 4. The van der Waals surface area contributed by atoms with Crippen LogP contribution >= 0.6 is 0 Å². The van der Waals surface area contributed by atoms with Crippen LogP contribution in [0.4, 0.5) is 0 Å². The van der Waals surface area contributed by atoms with Crippen LogP contribution in [0.15, 0.2) is 24.3 Å². The number of ether oxygens (including phenoxy) is 1. The molecule has 0 unspecified atom stereocenters. The summed E-state index contributed by atoms with van der Waals surface area (Å²) in [6.45, 7) is 8.60. The molecule has 0 aliphatic carbocycles. The van der Waals surface area contributed by atoms with Gasteiger partial charge in [-0.3, -0.25) is 14.3 Å². The van der Waals surface area contributed by atoms with Gasteiger partial charge in [-0.05, 0) is 64.2 Å². The largest absolute Gasteiger partial charge is 1.00 e. The number of aliphatic hydroxyl groups excluding tert-OH is 1. The van der Waals surface area contributed by atoms with Crippen LogP contribution < -0.4 is 12.4 Å². The van der Waals surface area contributed by atoms with E-state index in [4.69, 9.17) is 4.74 Å². The molecule has 48 heavy (non-hydrogen) atoms. The first-order valence-corrected chi connectivity index (χ1v) is 20.6. The molecule has 0 aromatic carbocycles. The highest BCUT2D eigenvalue weighted by atomic mass is 35.5. The quantitative estimate of drug-likeness (QED) is 0.0314. The van der Waals surface area contributed by atoms with Crippen molar-refractivity contribution in [3.05, 3.63) is 24.3 Å². The Kier molecular flexibility index (Phi) is 35.9. The maximum absolute atomic E-state index is 12.3. The summed E-state index contributed by atoms with van der Waals surface area (Å²) in [7, 11) is 0. The van der Waals surface area contributed by atoms with Crippen LogP contribution in [0.2, 0.25) is 0 Å². The molecular formula is C42H79ClN2O3. The molecular weight excluding hydrogens is 616 g/mol. The molecule has 0 spiro atoms. The van der Waals surface area contributed by atoms with E-state index in [0.717, 1.165) is 38.9 Å². The molecule has 0 amide bonds. The van der Waals surface area contributed by atoms with Crippen LogP contribution in [0.1, 0.15) is 194 Å². The molecule has 0 atom stereocenters. The third kappa shape index (κ3) is 28.5. The molecule has 1 N–H and O–H groups in total. The summed E-state index contributed by atoms with van der Waals surface area (Å²) in [6, 6.07) is 0. The number of esters is 1. The van der Waals surface area contributed by atoms with E-state index in [1.165, 1.54) is 160 Å². The minimum Gasteiger partial charge on any atom is -1.00 e. The normalized spacial score (nSPS) is 13.4. The lowest BCUT2D eigenvalue weighted by atomic mass is 10.1. The fraction of sp³-hybridized carbons (Fsp3) is 0.857. The third-order valence-corrected chi connectivity index (χ3v) is 9.67. The Morgan fingerprint density at radius 1 is 0.667 bits per heavy atom. The van der Waals surface area contributed by atoms with Gasteiger partial charge in [-0.15, -0.1) is 0 Å². The second-order valence-electron chi connectivity index (χ2n) is 14.0. The Bertz CT molecular complexity index is 798. The highest BCUT2D eigenvalue weighted by molar-refractivity contribution is 5.78. The van der Waals surface area contributed by atoms with E-state index >= 15 is 0 Å². The van der Waals surface area contributed by atoms with Crippen LogP contribution in [0.25, 0.3) is 0 Å². The first kappa shape index (κ1) is 46.7. The molecule has 0 bridgehead atoms. The Morgan fingerprint density at radius 2 is 1.10 bits per heavy atom. The highest BCUT2D eigenvalue weighted by Crippen LogP contribution is 2.14. The van der Waals surface area contributed by atoms with Crippen LogP contribution in [0.5, 0.6) is 0 Å². The summed E-state index contributed by atoms with van der Waals surface area (Å²) in [6.07, 6.45) is 44.7. The van der Waals surface area contributed by atoms with Gasteiger partial charge < -0.3 is 22.3 Å². The van der Waals surface area contributed by atoms with Gasteiger partial charge in [0.2, 0.25) is 5.84 Å². The number of carbonyl (C=O) groups is 1. The van der Waals surface area contributed by atoms with E-state index in [0.29, 0.717) is 19.6 Å². The summed E-state index contributed by atoms with van der Waals surface area (Å²) in [4.78, 5) is 14.7. The molecule has 282 valence electrons. The average Bonchev–Trinajstić information content (AvgIpc) is 3.45. The number of nitrogens with zero attached hydrogens (tertiary/aromatic N) is 2. The molecule has 0 aromatic rings. The Hall–Kier alpha value is -1.33. The van der Waals surface area contributed by atoms with E-state index in [-0.39, 0.29) is 25.0 Å². The van der Waals surface area contributed by atoms with Crippen molar-refractivity contribution in [2.75, 3.05) is 39.4 Å². The summed E-state index contributed by atoms with van der Waals surface area (Å²) in [5.74, 6) is 1.29. The first-order chi connectivity index (χ1) is 23.2. The molecule has 1 aliphatic rings. The van der Waals surface area contributed by atoms with Crippen molar-refractivity contribution in [2.24, 2.45) is 0 Å². The van der Waals surface area contributed by atoms with Crippen LogP contribution in [0.3, 0.4) is 0 Å². The summed E-state index contributed by atoms with van der Waals surface area (Å²) in [5.41, 5.74) is 0. The van der Waals surface area contributed by atoms with E-state index in [9.17, 15) is 9.90 Å². The molecule has 6 heteroatoms. The lowest BCUT2D eigenvalue weighted by Crippen LogP contribution is -3.00. The number of hydrogen-bond donors (Lipinski definition) is 1. The summed E-state index contributed by atoms with van der Waals surface area (Å²) >= 11 is 0. The number of carbonyl (C=O) groups excluding carboxylic acids is 1. The van der Waals surface area contributed by atoms with Gasteiger partial charge in [-0.2, -0.15) is 0 Å². The third-order valence-electron chi connectivity index (χ3n) is 9.67. The number of amidine groups is 1. The zero-order chi connectivity index (χ0) is 33.9. The second-order valence-corrected chi connectivity index (χ2v) is 14.0. The molecule has 0 aromatic heterocycles. The summed E-state index contributed by atoms with van der Waals surface area (Å²) < 4.78 is 7.96. The van der Waals surface area contributed by atoms with Crippen molar-refractivity contribution in [3.63, 3.8) is 0 Å². The number of rotatable bonds is 35. The number of hydrogen-bond acceptors (Lipinski definition) is 4. The number of halogens is 1. The minimum absolute atomic E-state index is 0. The highest BCUT2D eigenvalue weighted by Gasteiger charge is 2.29. The van der Waals surface area contributed by atoms with Gasteiger partial charge in [0, 0.05) is 12.8 Å². The smallest absolute Gasteiger partial charge is 0.305 e. The minimum atomic E-state index is -0.0483. The number of β-amino-alcohol motifs (C(OH)–C–C–N with tert-alkyl or cyclic N) is 1. The molecule has 5 nitrogen and oxygen atoms in total. The zero-order valence-corrected chi connectivity index (χ0v) is 32.6. The predicted molar refractivity (Wildman–Crippen MR) is 204 cm³/mol. The van der Waals surface area contributed by atoms with Crippen molar-refractivity contribution in [1.29, 1.82) is 0 Å². The number of unbranched alkanes of at least 4 members (excludes halogenated alkanes) is 22. The van der Waals surface area contributed by atoms with Gasteiger partial charge in [0.25, 0.3) is 0 Å². The number of aliphatic hydroxyl groups is 1. The lowest BCUT2D eigenvalue weighted by Gasteiger charge is -2.14. The van der Waals surface area contributed by atoms with Gasteiger partial charge in [-0.25, -0.2) is 0 Å². The fourth-order valence-corrected chi connectivity index (χ4v) is 6.65. The molecule has 1 aliphatic heterocycles.